The van der Waals surface area contributed by atoms with E-state index in [1.807, 2.05) is 11.4 Å². The predicted molar refractivity (Wildman–Crippen MR) is 128 cm³/mol. The van der Waals surface area contributed by atoms with Gasteiger partial charge in [-0.2, -0.15) is 18.2 Å². The fourth-order valence-corrected chi connectivity index (χ4v) is 5.38. The van der Waals surface area contributed by atoms with E-state index in [1.165, 1.54) is 6.07 Å². The molecule has 0 aliphatic carbocycles. The van der Waals surface area contributed by atoms with E-state index in [4.69, 9.17) is 26.2 Å². The molecule has 2 aliphatic heterocycles. The Morgan fingerprint density at radius 2 is 2.08 bits per heavy atom. The van der Waals surface area contributed by atoms with E-state index in [9.17, 15) is 18.0 Å². The van der Waals surface area contributed by atoms with E-state index in [0.717, 1.165) is 28.2 Å². The molecule has 8 nitrogen and oxygen atoms in total. The highest BCUT2D eigenvalue weighted by Gasteiger charge is 2.35. The summed E-state index contributed by atoms with van der Waals surface area (Å²) in [7, 11) is 0. The van der Waals surface area contributed by atoms with Gasteiger partial charge in [0.05, 0.1) is 10.7 Å². The number of carbonyl (C=O) groups excluding carboxylic acids is 1. The zero-order chi connectivity index (χ0) is 26.0. The second-order valence-corrected chi connectivity index (χ2v) is 9.80. The lowest BCUT2D eigenvalue weighted by Gasteiger charge is -2.31. The Bertz CT molecular complexity index is 1310. The average Bonchev–Trinajstić information content (AvgIpc) is 3.58. The molecule has 1 aromatic carbocycles. The third kappa shape index (κ3) is 5.85. The Morgan fingerprint density at radius 3 is 2.84 bits per heavy atom. The predicted octanol–water partition coefficient (Wildman–Crippen LogP) is 5.06. The summed E-state index contributed by atoms with van der Waals surface area (Å²) in [6.07, 6.45) is -2.06. The number of aromatic nitrogens is 3. The Kier molecular flexibility index (Phi) is 7.29. The number of benzene rings is 1. The van der Waals surface area contributed by atoms with Crippen LogP contribution in [0.25, 0.3) is 0 Å². The number of halogens is 4. The number of ether oxygens (including phenoxy) is 1. The van der Waals surface area contributed by atoms with Gasteiger partial charge in [0.25, 0.3) is 5.91 Å². The monoisotopic (exact) mass is 550 g/mol. The van der Waals surface area contributed by atoms with Crippen LogP contribution in [-0.4, -0.2) is 51.2 Å². The minimum Gasteiger partial charge on any atom is -0.467 e. The van der Waals surface area contributed by atoms with Crippen LogP contribution in [0.5, 0.6) is 5.88 Å². The topological polar surface area (TPSA) is 89.8 Å². The SMILES string of the molecule is O=C(COc1ccnc(C(F)(F)F)n1)N1CCC(c2nc(C3=NOC(c4[c]cccc4Cl)C3)cs2)CC1. The van der Waals surface area contributed by atoms with Gasteiger partial charge in [0.15, 0.2) is 12.7 Å². The minimum absolute atomic E-state index is 0.190. The minimum atomic E-state index is -4.69. The van der Waals surface area contributed by atoms with Crippen LogP contribution in [-0.2, 0) is 15.8 Å². The fraction of sp³-hybridized carbons (Fsp3) is 0.375. The number of piperidine rings is 1. The van der Waals surface area contributed by atoms with Gasteiger partial charge in [-0.05, 0) is 25.0 Å². The van der Waals surface area contributed by atoms with Crippen molar-refractivity contribution in [3.8, 4) is 5.88 Å². The summed E-state index contributed by atoms with van der Waals surface area (Å²) in [5.41, 5.74) is 2.29. The lowest BCUT2D eigenvalue weighted by atomic mass is 9.97. The molecule has 0 N–H and O–H groups in total. The van der Waals surface area contributed by atoms with Crippen LogP contribution in [0, 0.1) is 6.07 Å². The molecule has 3 aromatic rings. The van der Waals surface area contributed by atoms with Gasteiger partial charge in [-0.1, -0.05) is 28.9 Å². The van der Waals surface area contributed by atoms with Crippen LogP contribution in [0.4, 0.5) is 13.2 Å². The van der Waals surface area contributed by atoms with Crippen molar-refractivity contribution in [3.05, 3.63) is 69.0 Å². The molecule has 13 heteroatoms. The highest BCUT2D eigenvalue weighted by atomic mass is 35.5. The van der Waals surface area contributed by atoms with Gasteiger partial charge in [0, 0.05) is 53.7 Å². The maximum Gasteiger partial charge on any atom is 0.451 e. The summed E-state index contributed by atoms with van der Waals surface area (Å²) in [4.78, 5) is 31.0. The number of hydrogen-bond acceptors (Lipinski definition) is 8. The average molecular weight is 551 g/mol. The second kappa shape index (κ2) is 10.6. The largest absolute Gasteiger partial charge is 0.467 e. The number of rotatable bonds is 6. The van der Waals surface area contributed by atoms with Crippen molar-refractivity contribution in [2.45, 2.75) is 37.5 Å². The van der Waals surface area contributed by atoms with Crippen LogP contribution in [0.15, 0.2) is 41.0 Å². The molecule has 0 saturated carbocycles. The first kappa shape index (κ1) is 25.4. The van der Waals surface area contributed by atoms with E-state index in [0.29, 0.717) is 37.4 Å². The van der Waals surface area contributed by atoms with Gasteiger partial charge in [-0.3, -0.25) is 4.79 Å². The molecule has 37 heavy (non-hydrogen) atoms. The van der Waals surface area contributed by atoms with Crippen molar-refractivity contribution < 1.29 is 27.5 Å². The lowest BCUT2D eigenvalue weighted by Crippen LogP contribution is -2.40. The summed E-state index contributed by atoms with van der Waals surface area (Å²) in [5, 5.41) is 7.71. The van der Waals surface area contributed by atoms with E-state index in [2.05, 4.69) is 21.2 Å². The zero-order valence-corrected chi connectivity index (χ0v) is 20.8. The van der Waals surface area contributed by atoms with Crippen molar-refractivity contribution in [1.29, 1.82) is 0 Å². The first-order valence-corrected chi connectivity index (χ1v) is 12.7. The Hall–Kier alpha value is -3.25. The fourth-order valence-electron chi connectivity index (χ4n) is 4.13. The van der Waals surface area contributed by atoms with Gasteiger partial charge >= 0.3 is 6.18 Å². The van der Waals surface area contributed by atoms with Crippen molar-refractivity contribution in [2.24, 2.45) is 5.16 Å². The molecular weight excluding hydrogens is 531 g/mol. The number of thiazole rings is 1. The van der Waals surface area contributed by atoms with E-state index in [-0.39, 0.29) is 23.8 Å². The summed E-state index contributed by atoms with van der Waals surface area (Å²) in [6, 6.07) is 9.68. The molecule has 1 unspecified atom stereocenters. The summed E-state index contributed by atoms with van der Waals surface area (Å²) in [5.74, 6) is -1.73. The van der Waals surface area contributed by atoms with Gasteiger partial charge in [0.2, 0.25) is 11.7 Å². The summed E-state index contributed by atoms with van der Waals surface area (Å²) in [6.45, 7) is 0.589. The molecular formula is C24H20ClF3N5O3S. The van der Waals surface area contributed by atoms with Crippen LogP contribution in [0.1, 0.15) is 53.4 Å². The molecule has 1 saturated heterocycles. The number of amides is 1. The normalized spacial score (nSPS) is 18.4. The molecule has 5 rings (SSSR count). The number of alkyl halides is 3. The molecule has 193 valence electrons. The smallest absolute Gasteiger partial charge is 0.451 e. The molecule has 1 fully saturated rings. The number of carbonyl (C=O) groups is 1. The van der Waals surface area contributed by atoms with Crippen molar-refractivity contribution in [1.82, 2.24) is 19.9 Å². The number of oxime groups is 1. The molecule has 4 heterocycles. The Labute approximate surface area is 219 Å². The van der Waals surface area contributed by atoms with Crippen LogP contribution in [0.3, 0.4) is 0 Å². The first-order valence-electron chi connectivity index (χ1n) is 11.4. The van der Waals surface area contributed by atoms with E-state index < -0.39 is 18.6 Å². The van der Waals surface area contributed by atoms with Gasteiger partial charge in [-0.15, -0.1) is 11.3 Å². The molecule has 2 aliphatic rings. The maximum absolute atomic E-state index is 12.7. The maximum atomic E-state index is 12.7. The second-order valence-electron chi connectivity index (χ2n) is 8.50. The van der Waals surface area contributed by atoms with Crippen LogP contribution < -0.4 is 4.74 Å². The molecule has 2 aromatic heterocycles. The third-order valence-electron chi connectivity index (χ3n) is 6.07. The quantitative estimate of drug-likeness (QED) is 0.426. The van der Waals surface area contributed by atoms with Crippen molar-refractivity contribution in [3.63, 3.8) is 0 Å². The van der Waals surface area contributed by atoms with Crippen molar-refractivity contribution in [2.75, 3.05) is 19.7 Å². The molecule has 0 bridgehead atoms. The first-order chi connectivity index (χ1) is 17.8. The van der Waals surface area contributed by atoms with Crippen molar-refractivity contribution >= 4 is 34.6 Å². The molecule has 0 spiro atoms. The lowest BCUT2D eigenvalue weighted by molar-refractivity contribution is -0.145. The summed E-state index contributed by atoms with van der Waals surface area (Å²) >= 11 is 7.80. The Morgan fingerprint density at radius 1 is 1.27 bits per heavy atom. The zero-order valence-electron chi connectivity index (χ0n) is 19.2. The number of nitrogens with zero attached hydrogens (tertiary/aromatic N) is 5. The molecule has 1 radical (unpaired) electrons. The number of hydrogen-bond donors (Lipinski definition) is 0. The molecule has 1 amide bonds. The summed E-state index contributed by atoms with van der Waals surface area (Å²) < 4.78 is 43.4. The van der Waals surface area contributed by atoms with Gasteiger partial charge in [-0.25, -0.2) is 9.97 Å². The van der Waals surface area contributed by atoms with Gasteiger partial charge < -0.3 is 14.5 Å². The highest BCUT2D eigenvalue weighted by molar-refractivity contribution is 7.10. The highest BCUT2D eigenvalue weighted by Crippen LogP contribution is 2.35. The van der Waals surface area contributed by atoms with E-state index >= 15 is 0 Å². The van der Waals surface area contributed by atoms with Crippen LogP contribution in [0.2, 0.25) is 5.02 Å². The standard InChI is InChI=1S/C24H20ClF3N5O3S/c25-16-4-2-1-3-15(16)19-11-17(32-36-19)18-13-37-22(30-18)14-6-9-33(10-7-14)21(34)12-35-20-5-8-29-23(31-20)24(26,27)28/h1-2,4-5,8,13-14,19H,6-7,9-12H2. The van der Waals surface area contributed by atoms with Crippen LogP contribution >= 0.6 is 22.9 Å². The molecule has 1 atom stereocenters. The number of likely N-dealkylation sites (tertiary alicyclic amines) is 1. The van der Waals surface area contributed by atoms with E-state index in [1.54, 1.807) is 28.4 Å². The third-order valence-corrected chi connectivity index (χ3v) is 7.40. The van der Waals surface area contributed by atoms with Gasteiger partial charge in [0.1, 0.15) is 5.71 Å². The Balaban J connectivity index is 1.12.